The number of pyridine rings is 1. The highest BCUT2D eigenvalue weighted by atomic mass is 35.5. The van der Waals surface area contributed by atoms with Gasteiger partial charge in [-0.15, -0.1) is 0 Å². The first kappa shape index (κ1) is 21.9. The third kappa shape index (κ3) is 4.84. The summed E-state index contributed by atoms with van der Waals surface area (Å²) in [4.78, 5) is 25.9. The lowest BCUT2D eigenvalue weighted by molar-refractivity contribution is -0.148. The number of piperidine rings is 1. The SMILES string of the molecule is CCOC(=O)C1CCCN(c2ncnc(Nc3ncc(C(F)(F)F)cc3Cl)c2N)C1. The molecule has 0 aliphatic carbocycles. The fraction of sp³-hybridized carbons (Fsp3) is 0.444. The zero-order valence-electron chi connectivity index (χ0n) is 16.0. The summed E-state index contributed by atoms with van der Waals surface area (Å²) in [6.45, 7) is 3.08. The van der Waals surface area contributed by atoms with Crippen molar-refractivity contribution in [1.82, 2.24) is 15.0 Å². The minimum absolute atomic E-state index is 0.0240. The lowest BCUT2D eigenvalue weighted by Gasteiger charge is -2.33. The first-order valence-electron chi connectivity index (χ1n) is 9.22. The summed E-state index contributed by atoms with van der Waals surface area (Å²) in [7, 11) is 0. The summed E-state index contributed by atoms with van der Waals surface area (Å²) < 4.78 is 43.5. The zero-order valence-corrected chi connectivity index (χ0v) is 16.8. The largest absolute Gasteiger partial charge is 0.466 e. The first-order valence-corrected chi connectivity index (χ1v) is 9.60. The molecular weight excluding hydrogens is 425 g/mol. The summed E-state index contributed by atoms with van der Waals surface area (Å²) in [5.74, 6) is -0.0366. The van der Waals surface area contributed by atoms with Crippen molar-refractivity contribution in [2.75, 3.05) is 35.6 Å². The van der Waals surface area contributed by atoms with Gasteiger partial charge in [-0.2, -0.15) is 13.2 Å². The van der Waals surface area contributed by atoms with Crippen LogP contribution >= 0.6 is 11.6 Å². The van der Waals surface area contributed by atoms with Crippen LogP contribution in [0.5, 0.6) is 0 Å². The molecule has 2 aromatic rings. The quantitative estimate of drug-likeness (QED) is 0.673. The van der Waals surface area contributed by atoms with Gasteiger partial charge >= 0.3 is 12.1 Å². The van der Waals surface area contributed by atoms with E-state index in [1.54, 1.807) is 6.92 Å². The van der Waals surface area contributed by atoms with Gasteiger partial charge in [0, 0.05) is 19.3 Å². The van der Waals surface area contributed by atoms with Gasteiger partial charge < -0.3 is 20.7 Å². The number of rotatable bonds is 5. The van der Waals surface area contributed by atoms with Crippen LogP contribution in [0, 0.1) is 5.92 Å². The smallest absolute Gasteiger partial charge is 0.417 e. The van der Waals surface area contributed by atoms with Gasteiger partial charge in [-0.05, 0) is 25.8 Å². The number of nitrogen functional groups attached to an aromatic ring is 1. The summed E-state index contributed by atoms with van der Waals surface area (Å²) >= 11 is 5.94. The number of nitrogens with zero attached hydrogens (tertiary/aromatic N) is 4. The number of nitrogens with one attached hydrogen (secondary N) is 1. The number of nitrogens with two attached hydrogens (primary N) is 1. The van der Waals surface area contributed by atoms with E-state index in [4.69, 9.17) is 22.1 Å². The van der Waals surface area contributed by atoms with E-state index < -0.39 is 11.7 Å². The predicted molar refractivity (Wildman–Crippen MR) is 106 cm³/mol. The minimum atomic E-state index is -4.56. The number of halogens is 4. The number of anilines is 4. The van der Waals surface area contributed by atoms with Gasteiger partial charge in [-0.3, -0.25) is 4.79 Å². The second-order valence-corrected chi connectivity index (χ2v) is 7.08. The molecule has 30 heavy (non-hydrogen) atoms. The summed E-state index contributed by atoms with van der Waals surface area (Å²) in [5, 5.41) is 2.52. The molecule has 162 valence electrons. The van der Waals surface area contributed by atoms with Gasteiger partial charge in [0.1, 0.15) is 17.8 Å². The van der Waals surface area contributed by atoms with Crippen molar-refractivity contribution in [1.29, 1.82) is 0 Å². The van der Waals surface area contributed by atoms with E-state index in [9.17, 15) is 18.0 Å². The predicted octanol–water partition coefficient (Wildman–Crippen LogP) is 3.65. The molecule has 0 amide bonds. The molecule has 2 aromatic heterocycles. The molecule has 3 N–H and O–H groups in total. The van der Waals surface area contributed by atoms with Crippen LogP contribution in [0.2, 0.25) is 5.02 Å². The summed E-state index contributed by atoms with van der Waals surface area (Å²) in [5.41, 5.74) is 5.40. The first-order chi connectivity index (χ1) is 14.2. The average molecular weight is 445 g/mol. The van der Waals surface area contributed by atoms with Crippen molar-refractivity contribution in [2.45, 2.75) is 25.9 Å². The molecule has 0 saturated carbocycles. The van der Waals surface area contributed by atoms with Crippen LogP contribution in [-0.4, -0.2) is 40.6 Å². The Balaban J connectivity index is 1.81. The monoisotopic (exact) mass is 444 g/mol. The molecule has 1 fully saturated rings. The molecule has 1 saturated heterocycles. The molecule has 1 aliphatic heterocycles. The van der Waals surface area contributed by atoms with E-state index in [2.05, 4.69) is 20.3 Å². The minimum Gasteiger partial charge on any atom is -0.466 e. The molecule has 3 rings (SSSR count). The molecule has 8 nitrogen and oxygen atoms in total. The van der Waals surface area contributed by atoms with Crippen LogP contribution in [0.15, 0.2) is 18.6 Å². The Morgan fingerprint density at radius 2 is 2.13 bits per heavy atom. The fourth-order valence-electron chi connectivity index (χ4n) is 3.16. The van der Waals surface area contributed by atoms with Crippen LogP contribution in [-0.2, 0) is 15.7 Å². The maximum Gasteiger partial charge on any atom is 0.417 e. The molecule has 12 heteroatoms. The van der Waals surface area contributed by atoms with Gasteiger partial charge in [0.15, 0.2) is 11.6 Å². The highest BCUT2D eigenvalue weighted by molar-refractivity contribution is 6.33. The van der Waals surface area contributed by atoms with Crippen molar-refractivity contribution >= 4 is 40.7 Å². The van der Waals surface area contributed by atoms with E-state index in [-0.39, 0.29) is 34.2 Å². The van der Waals surface area contributed by atoms with Crippen LogP contribution < -0.4 is 16.0 Å². The van der Waals surface area contributed by atoms with Crippen LogP contribution in [0.4, 0.5) is 36.3 Å². The van der Waals surface area contributed by atoms with E-state index >= 15 is 0 Å². The molecule has 1 aliphatic rings. The number of esters is 1. The van der Waals surface area contributed by atoms with Crippen LogP contribution in [0.25, 0.3) is 0 Å². The highest BCUT2D eigenvalue weighted by Gasteiger charge is 2.32. The van der Waals surface area contributed by atoms with Gasteiger partial charge in [-0.1, -0.05) is 11.6 Å². The number of alkyl halides is 3. The van der Waals surface area contributed by atoms with Crippen molar-refractivity contribution in [3.8, 4) is 0 Å². The maximum atomic E-state index is 12.8. The maximum absolute atomic E-state index is 12.8. The Hall–Kier alpha value is -2.82. The van der Waals surface area contributed by atoms with E-state index in [0.717, 1.165) is 12.5 Å². The summed E-state index contributed by atoms with van der Waals surface area (Å²) in [6.07, 6.45) is -1.17. The second-order valence-electron chi connectivity index (χ2n) is 6.67. The Morgan fingerprint density at radius 3 is 2.80 bits per heavy atom. The number of carbonyl (C=O) groups excluding carboxylic acids is 1. The van der Waals surface area contributed by atoms with E-state index in [0.29, 0.717) is 38.1 Å². The van der Waals surface area contributed by atoms with Gasteiger partial charge in [-0.25, -0.2) is 15.0 Å². The second kappa shape index (κ2) is 8.90. The third-order valence-electron chi connectivity index (χ3n) is 4.61. The Morgan fingerprint density at radius 1 is 1.37 bits per heavy atom. The third-order valence-corrected chi connectivity index (χ3v) is 4.90. The molecule has 1 atom stereocenters. The van der Waals surface area contributed by atoms with Crippen molar-refractivity contribution < 1.29 is 22.7 Å². The number of aromatic nitrogens is 3. The normalized spacial score (nSPS) is 17.0. The molecule has 0 aromatic carbocycles. The van der Waals surface area contributed by atoms with Crippen LogP contribution in [0.1, 0.15) is 25.3 Å². The lowest BCUT2D eigenvalue weighted by Crippen LogP contribution is -2.40. The number of hydrogen-bond donors (Lipinski definition) is 2. The number of ether oxygens (including phenoxy) is 1. The van der Waals surface area contributed by atoms with Gasteiger partial charge in [0.2, 0.25) is 0 Å². The molecule has 3 heterocycles. The zero-order chi connectivity index (χ0) is 21.9. The molecule has 0 spiro atoms. The van der Waals surface area contributed by atoms with Crippen LogP contribution in [0.3, 0.4) is 0 Å². The van der Waals surface area contributed by atoms with E-state index in [1.807, 2.05) is 4.90 Å². The van der Waals surface area contributed by atoms with E-state index in [1.165, 1.54) is 6.33 Å². The Labute approximate surface area is 175 Å². The average Bonchev–Trinajstić information content (AvgIpc) is 2.70. The molecule has 0 bridgehead atoms. The van der Waals surface area contributed by atoms with Crippen molar-refractivity contribution in [3.63, 3.8) is 0 Å². The number of hydrogen-bond acceptors (Lipinski definition) is 8. The molecule has 0 radical (unpaired) electrons. The van der Waals surface area contributed by atoms with Crippen molar-refractivity contribution in [2.24, 2.45) is 5.92 Å². The molecular formula is C18H20ClF3N6O2. The standard InChI is InChI=1S/C18H20ClF3N6O2/c1-2-30-17(29)10-4-3-5-28(8-10)16-13(23)15(25-9-26-16)27-14-12(19)6-11(7-24-14)18(20,21)22/h6-7,9-10H,2-5,8,23H2,1H3,(H,24,25,26,27). The van der Waals surface area contributed by atoms with Crippen molar-refractivity contribution in [3.05, 3.63) is 29.2 Å². The highest BCUT2D eigenvalue weighted by Crippen LogP contribution is 2.35. The summed E-state index contributed by atoms with van der Waals surface area (Å²) in [6, 6.07) is 0.768. The van der Waals surface area contributed by atoms with Gasteiger partial charge in [0.25, 0.3) is 0 Å². The Bertz CT molecular complexity index is 927. The fourth-order valence-corrected chi connectivity index (χ4v) is 3.37. The van der Waals surface area contributed by atoms with Gasteiger partial charge in [0.05, 0.1) is 23.1 Å². The molecule has 1 unspecified atom stereocenters. The lowest BCUT2D eigenvalue weighted by atomic mass is 9.98. The topological polar surface area (TPSA) is 106 Å². The Kier molecular flexibility index (Phi) is 6.49. The number of carbonyl (C=O) groups is 1.